The first-order valence-electron chi connectivity index (χ1n) is 9.70. The van der Waals surface area contributed by atoms with Gasteiger partial charge >= 0.3 is 0 Å². The van der Waals surface area contributed by atoms with Crippen molar-refractivity contribution in [2.24, 2.45) is 12.0 Å². The lowest BCUT2D eigenvalue weighted by Crippen LogP contribution is -2.42. The Kier molecular flexibility index (Phi) is 7.73. The van der Waals surface area contributed by atoms with Gasteiger partial charge in [-0.2, -0.15) is 5.10 Å². The molecular weight excluding hydrogens is 374 g/mol. The molecule has 1 aromatic heterocycles. The zero-order chi connectivity index (χ0) is 21.7. The van der Waals surface area contributed by atoms with Crippen LogP contribution in [0.3, 0.4) is 0 Å². The fourth-order valence-electron chi connectivity index (χ4n) is 3.44. The number of nitrogens with zero attached hydrogens (tertiary/aromatic N) is 5. The van der Waals surface area contributed by atoms with E-state index in [1.165, 1.54) is 18.2 Å². The highest BCUT2D eigenvalue weighted by Gasteiger charge is 2.23. The minimum atomic E-state index is -0.550. The number of aromatic nitrogens is 2. The summed E-state index contributed by atoms with van der Waals surface area (Å²) in [7, 11) is 9.14. The van der Waals surface area contributed by atoms with Gasteiger partial charge in [0.2, 0.25) is 0 Å². The molecule has 0 amide bonds. The lowest BCUT2D eigenvalue weighted by Gasteiger charge is -2.29. The van der Waals surface area contributed by atoms with Gasteiger partial charge in [0, 0.05) is 51.6 Å². The van der Waals surface area contributed by atoms with Gasteiger partial charge in [0.25, 0.3) is 0 Å². The Hall–Kier alpha value is -2.48. The molecule has 1 heterocycles. The summed E-state index contributed by atoms with van der Waals surface area (Å²) in [6, 6.07) is 3.46. The molecular formula is C21H32F2N6. The number of guanidine groups is 1. The molecule has 0 aliphatic rings. The zero-order valence-corrected chi connectivity index (χ0v) is 18.4. The lowest BCUT2D eigenvalue weighted by molar-refractivity contribution is 0.280. The predicted molar refractivity (Wildman–Crippen MR) is 113 cm³/mol. The first-order valence-corrected chi connectivity index (χ1v) is 9.70. The molecule has 29 heavy (non-hydrogen) atoms. The molecule has 0 saturated carbocycles. The molecule has 2 rings (SSSR count). The van der Waals surface area contributed by atoms with E-state index in [1.54, 1.807) is 26.0 Å². The maximum absolute atomic E-state index is 14.3. The van der Waals surface area contributed by atoms with Crippen LogP contribution in [0.25, 0.3) is 0 Å². The number of hydrogen-bond donors (Lipinski definition) is 1. The number of nitrogens with one attached hydrogen (secondary N) is 1. The fourth-order valence-corrected chi connectivity index (χ4v) is 3.44. The number of rotatable bonds is 7. The molecule has 6 nitrogen and oxygen atoms in total. The number of halogens is 2. The molecule has 0 aliphatic heterocycles. The van der Waals surface area contributed by atoms with E-state index >= 15 is 0 Å². The van der Waals surface area contributed by atoms with Crippen molar-refractivity contribution in [1.82, 2.24) is 24.9 Å². The van der Waals surface area contributed by atoms with E-state index < -0.39 is 17.7 Å². The summed E-state index contributed by atoms with van der Waals surface area (Å²) in [4.78, 5) is 8.10. The van der Waals surface area contributed by atoms with Crippen LogP contribution in [-0.2, 0) is 13.6 Å². The third kappa shape index (κ3) is 5.53. The van der Waals surface area contributed by atoms with Crippen LogP contribution in [0.1, 0.15) is 42.6 Å². The van der Waals surface area contributed by atoms with Gasteiger partial charge in [-0.15, -0.1) is 0 Å². The Morgan fingerprint density at radius 2 is 1.83 bits per heavy atom. The Bertz CT molecular complexity index is 823. The van der Waals surface area contributed by atoms with Gasteiger partial charge in [-0.3, -0.25) is 9.67 Å². The number of benzene rings is 1. The Labute approximate surface area is 172 Å². The smallest absolute Gasteiger partial charge is 0.193 e. The minimum Gasteiger partial charge on any atom is -0.354 e. The first kappa shape index (κ1) is 22.8. The largest absolute Gasteiger partial charge is 0.354 e. The first-order chi connectivity index (χ1) is 13.6. The SMILES string of the molecule is CN=C(NCC(c1c(F)cccc1F)N(C)C)N(C)Cc1cn(C)nc1C(C)C. The van der Waals surface area contributed by atoms with E-state index in [1.807, 2.05) is 29.9 Å². The van der Waals surface area contributed by atoms with Crippen LogP contribution in [0.2, 0.25) is 0 Å². The summed E-state index contributed by atoms with van der Waals surface area (Å²) in [6.45, 7) is 5.17. The second-order valence-corrected chi connectivity index (χ2v) is 7.77. The molecule has 0 bridgehead atoms. The van der Waals surface area contributed by atoms with Crippen LogP contribution in [-0.4, -0.2) is 60.3 Å². The summed E-state index contributed by atoms with van der Waals surface area (Å²) in [5, 5.41) is 7.80. The summed E-state index contributed by atoms with van der Waals surface area (Å²) in [5.41, 5.74) is 2.23. The lowest BCUT2D eigenvalue weighted by atomic mass is 10.0. The zero-order valence-electron chi connectivity index (χ0n) is 18.4. The highest BCUT2D eigenvalue weighted by molar-refractivity contribution is 5.79. The highest BCUT2D eigenvalue weighted by atomic mass is 19.1. The van der Waals surface area contributed by atoms with Crippen LogP contribution in [0, 0.1) is 11.6 Å². The Morgan fingerprint density at radius 3 is 2.34 bits per heavy atom. The normalized spacial score (nSPS) is 13.3. The van der Waals surface area contributed by atoms with Gasteiger partial charge in [0.05, 0.1) is 11.7 Å². The van der Waals surface area contributed by atoms with Crippen molar-refractivity contribution in [3.05, 3.63) is 52.9 Å². The monoisotopic (exact) mass is 406 g/mol. The number of likely N-dealkylation sites (N-methyl/N-ethyl adjacent to an activating group) is 1. The number of hydrogen-bond acceptors (Lipinski definition) is 3. The van der Waals surface area contributed by atoms with Gasteiger partial charge < -0.3 is 15.1 Å². The summed E-state index contributed by atoms with van der Waals surface area (Å²) >= 11 is 0. The molecule has 1 aromatic carbocycles. The van der Waals surface area contributed by atoms with Crippen molar-refractivity contribution >= 4 is 5.96 Å². The predicted octanol–water partition coefficient (Wildman–Crippen LogP) is 3.13. The van der Waals surface area contributed by atoms with Crippen LogP contribution in [0.15, 0.2) is 29.4 Å². The van der Waals surface area contributed by atoms with Crippen LogP contribution < -0.4 is 5.32 Å². The van der Waals surface area contributed by atoms with E-state index in [2.05, 4.69) is 29.3 Å². The Morgan fingerprint density at radius 1 is 1.21 bits per heavy atom. The van der Waals surface area contributed by atoms with Gasteiger partial charge in [0.15, 0.2) is 5.96 Å². The molecule has 1 N–H and O–H groups in total. The van der Waals surface area contributed by atoms with Crippen LogP contribution in [0.5, 0.6) is 0 Å². The molecule has 0 fully saturated rings. The van der Waals surface area contributed by atoms with E-state index in [9.17, 15) is 8.78 Å². The van der Waals surface area contributed by atoms with Gasteiger partial charge in [-0.25, -0.2) is 8.78 Å². The quantitative estimate of drug-likeness (QED) is 0.567. The molecule has 0 saturated heterocycles. The maximum atomic E-state index is 14.3. The van der Waals surface area contributed by atoms with Crippen LogP contribution >= 0.6 is 0 Å². The van der Waals surface area contributed by atoms with Gasteiger partial charge in [-0.05, 0) is 32.1 Å². The average Bonchev–Trinajstić information content (AvgIpc) is 3.00. The third-order valence-corrected chi connectivity index (χ3v) is 4.87. The maximum Gasteiger partial charge on any atom is 0.193 e. The molecule has 0 spiro atoms. The number of aryl methyl sites for hydroxylation is 1. The summed E-state index contributed by atoms with van der Waals surface area (Å²) < 4.78 is 30.4. The van der Waals surface area contributed by atoms with Crippen molar-refractivity contribution in [2.45, 2.75) is 32.4 Å². The van der Waals surface area contributed by atoms with Crippen LogP contribution in [0.4, 0.5) is 8.78 Å². The Balaban J connectivity index is 2.14. The van der Waals surface area contributed by atoms with E-state index in [0.29, 0.717) is 25.0 Å². The minimum absolute atomic E-state index is 0.0532. The fraction of sp³-hybridized carbons (Fsp3) is 0.524. The molecule has 160 valence electrons. The molecule has 0 aliphatic carbocycles. The van der Waals surface area contributed by atoms with Crippen molar-refractivity contribution in [3.8, 4) is 0 Å². The van der Waals surface area contributed by atoms with Gasteiger partial charge in [-0.1, -0.05) is 19.9 Å². The van der Waals surface area contributed by atoms with E-state index in [0.717, 1.165) is 11.3 Å². The second kappa shape index (κ2) is 9.82. The molecule has 8 heteroatoms. The average molecular weight is 407 g/mol. The standard InChI is InChI=1S/C21H32F2N6/c1-14(2)20-15(13-29(7)26-20)12-28(6)21(24-3)25-11-18(27(4)5)19-16(22)9-8-10-17(19)23/h8-10,13-14,18H,11-12H2,1-7H3,(H,24,25). The molecule has 1 atom stereocenters. The highest BCUT2D eigenvalue weighted by Crippen LogP contribution is 2.24. The van der Waals surface area contributed by atoms with Crippen molar-refractivity contribution in [3.63, 3.8) is 0 Å². The van der Waals surface area contributed by atoms with E-state index in [4.69, 9.17) is 0 Å². The topological polar surface area (TPSA) is 48.7 Å². The molecule has 1 unspecified atom stereocenters. The molecule has 0 radical (unpaired) electrons. The van der Waals surface area contributed by atoms with Gasteiger partial charge in [0.1, 0.15) is 11.6 Å². The third-order valence-electron chi connectivity index (χ3n) is 4.87. The van der Waals surface area contributed by atoms with Crippen molar-refractivity contribution < 1.29 is 8.78 Å². The van der Waals surface area contributed by atoms with E-state index in [-0.39, 0.29) is 5.56 Å². The number of aliphatic imine (C=N–C) groups is 1. The van der Waals surface area contributed by atoms with Crippen molar-refractivity contribution in [2.75, 3.05) is 34.7 Å². The second-order valence-electron chi connectivity index (χ2n) is 7.77. The molecule has 2 aromatic rings. The summed E-state index contributed by atoms with van der Waals surface area (Å²) in [5.74, 6) is -0.138. The van der Waals surface area contributed by atoms with Crippen molar-refractivity contribution in [1.29, 1.82) is 0 Å². The summed E-state index contributed by atoms with van der Waals surface area (Å²) in [6.07, 6.45) is 2.01.